The molecular formula is C7H4O2Re2-2. The van der Waals surface area contributed by atoms with Crippen LogP contribution in [-0.4, -0.2) is 6.47 Å². The maximum absolute atomic E-state index is 9.61. The van der Waals surface area contributed by atoms with Crippen LogP contribution >= 0.6 is 0 Å². The van der Waals surface area contributed by atoms with Crippen LogP contribution in [0.3, 0.4) is 0 Å². The molecule has 60 valence electrons. The number of benzene rings is 1. The SMILES string of the molecule is O=[C-]Oc1c[c-]ccc1.[Re].[Re]. The Morgan fingerprint density at radius 1 is 1.45 bits per heavy atom. The fourth-order valence-corrected chi connectivity index (χ4v) is 0.488. The predicted molar refractivity (Wildman–Crippen MR) is 31.6 cm³/mol. The molecule has 0 fully saturated rings. The van der Waals surface area contributed by atoms with E-state index in [9.17, 15) is 4.79 Å². The third kappa shape index (κ3) is 5.30. The number of ether oxygens (including phenoxy) is 1. The van der Waals surface area contributed by atoms with Crippen molar-refractivity contribution in [2.45, 2.75) is 0 Å². The van der Waals surface area contributed by atoms with Gasteiger partial charge < -0.3 is 9.53 Å². The molecule has 0 spiro atoms. The van der Waals surface area contributed by atoms with Crippen molar-refractivity contribution in [3.63, 3.8) is 0 Å². The Morgan fingerprint density at radius 3 is 2.64 bits per heavy atom. The summed E-state index contributed by atoms with van der Waals surface area (Å²) < 4.78 is 4.37. The zero-order valence-electron chi connectivity index (χ0n) is 5.38. The van der Waals surface area contributed by atoms with E-state index in [2.05, 4.69) is 10.8 Å². The third-order valence-electron chi connectivity index (χ3n) is 0.838. The van der Waals surface area contributed by atoms with Gasteiger partial charge in [0.2, 0.25) is 0 Å². The molecule has 11 heavy (non-hydrogen) atoms. The molecule has 2 nitrogen and oxygen atoms in total. The van der Waals surface area contributed by atoms with Crippen LogP contribution in [-0.2, 0) is 45.6 Å². The van der Waals surface area contributed by atoms with Gasteiger partial charge in [-0.1, -0.05) is 0 Å². The average molecular weight is 493 g/mol. The standard InChI is InChI=1S/C7H4O2.2Re/c8-6-9-7-4-2-1-3-5-7;;/h1-2,4-5H;;/q-2;;. The minimum atomic E-state index is 0. The number of hydrogen-bond donors (Lipinski definition) is 0. The van der Waals surface area contributed by atoms with E-state index >= 15 is 0 Å². The number of rotatable bonds is 2. The van der Waals surface area contributed by atoms with Gasteiger partial charge in [0.15, 0.2) is 6.47 Å². The molecule has 0 aromatic heterocycles. The van der Waals surface area contributed by atoms with Crippen LogP contribution in [0.2, 0.25) is 0 Å². The Kier molecular flexibility index (Phi) is 10.0. The van der Waals surface area contributed by atoms with Crippen molar-refractivity contribution in [1.29, 1.82) is 0 Å². The molecular weight excluding hydrogens is 488 g/mol. The summed E-state index contributed by atoms with van der Waals surface area (Å²) in [5.74, 6) is 0.465. The summed E-state index contributed by atoms with van der Waals surface area (Å²) >= 11 is 0. The van der Waals surface area contributed by atoms with Crippen LogP contribution in [0.25, 0.3) is 0 Å². The largest absolute Gasteiger partial charge is 0.582 e. The minimum Gasteiger partial charge on any atom is -0.582 e. The first-order chi connectivity index (χ1) is 4.43. The van der Waals surface area contributed by atoms with Gasteiger partial charge in [0.25, 0.3) is 0 Å². The van der Waals surface area contributed by atoms with E-state index in [-0.39, 0.29) is 40.8 Å². The van der Waals surface area contributed by atoms with Crippen molar-refractivity contribution in [1.82, 2.24) is 0 Å². The molecule has 0 heterocycles. The second kappa shape index (κ2) is 8.11. The Balaban J connectivity index is 0. The van der Waals surface area contributed by atoms with E-state index in [0.29, 0.717) is 5.75 Å². The summed E-state index contributed by atoms with van der Waals surface area (Å²) in [5, 5.41) is 0. The molecule has 0 bridgehead atoms. The Hall–Kier alpha value is 0.0147. The smallest absolute Gasteiger partial charge is 0.176 e. The van der Waals surface area contributed by atoms with Crippen molar-refractivity contribution in [3.05, 3.63) is 30.3 Å². The van der Waals surface area contributed by atoms with Gasteiger partial charge in [-0.15, -0.1) is 12.1 Å². The van der Waals surface area contributed by atoms with Gasteiger partial charge >= 0.3 is 0 Å². The molecule has 2 radical (unpaired) electrons. The summed E-state index contributed by atoms with van der Waals surface area (Å²) in [5.41, 5.74) is 0. The topological polar surface area (TPSA) is 26.3 Å². The maximum Gasteiger partial charge on any atom is 0.176 e. The molecule has 0 amide bonds. The monoisotopic (exact) mass is 494 g/mol. The van der Waals surface area contributed by atoms with Crippen LogP contribution in [0.5, 0.6) is 5.75 Å². The van der Waals surface area contributed by atoms with Crippen molar-refractivity contribution in [2.75, 3.05) is 0 Å². The Labute approximate surface area is 92.6 Å². The van der Waals surface area contributed by atoms with Crippen LogP contribution in [0, 0.1) is 6.07 Å². The summed E-state index contributed by atoms with van der Waals surface area (Å²) in [7, 11) is 0. The normalized spacial score (nSPS) is 6.91. The molecule has 1 rings (SSSR count). The molecule has 1 aromatic rings. The molecule has 4 heteroatoms. The molecule has 0 unspecified atom stereocenters. The fraction of sp³-hybridized carbons (Fsp3) is 0. The van der Waals surface area contributed by atoms with E-state index in [4.69, 9.17) is 0 Å². The van der Waals surface area contributed by atoms with Gasteiger partial charge in [0, 0.05) is 40.8 Å². The fourth-order valence-electron chi connectivity index (χ4n) is 0.488. The first kappa shape index (κ1) is 13.6. The van der Waals surface area contributed by atoms with Crippen molar-refractivity contribution >= 4 is 6.47 Å². The Bertz CT molecular complexity index is 189. The third-order valence-corrected chi connectivity index (χ3v) is 0.838. The van der Waals surface area contributed by atoms with Gasteiger partial charge in [-0.2, -0.15) is 18.2 Å². The molecule has 0 saturated heterocycles. The van der Waals surface area contributed by atoms with Crippen molar-refractivity contribution in [3.8, 4) is 5.75 Å². The van der Waals surface area contributed by atoms with Crippen molar-refractivity contribution < 1.29 is 50.4 Å². The van der Waals surface area contributed by atoms with Gasteiger partial charge in [0.1, 0.15) is 0 Å². The van der Waals surface area contributed by atoms with E-state index in [1.54, 1.807) is 24.3 Å². The molecule has 0 N–H and O–H groups in total. The Morgan fingerprint density at radius 2 is 2.18 bits per heavy atom. The molecule has 0 atom stereocenters. The van der Waals surface area contributed by atoms with E-state index in [1.807, 2.05) is 0 Å². The number of hydrogen-bond acceptors (Lipinski definition) is 2. The summed E-state index contributed by atoms with van der Waals surface area (Å²) in [6, 6.07) is 9.41. The summed E-state index contributed by atoms with van der Waals surface area (Å²) in [4.78, 5) is 9.61. The molecule has 1 aromatic carbocycles. The number of carbonyl (C=O) groups excluding carboxylic acids is 1. The molecule has 0 aliphatic rings. The van der Waals surface area contributed by atoms with E-state index < -0.39 is 0 Å². The first-order valence-electron chi connectivity index (χ1n) is 2.43. The second-order valence-electron chi connectivity index (χ2n) is 1.42. The van der Waals surface area contributed by atoms with Gasteiger partial charge in [-0.25, -0.2) is 0 Å². The molecule has 0 aliphatic heterocycles. The summed E-state index contributed by atoms with van der Waals surface area (Å²) in [6.45, 7) is 1.31. The molecule has 0 saturated carbocycles. The molecule has 0 aliphatic carbocycles. The van der Waals surface area contributed by atoms with Crippen LogP contribution in [0.15, 0.2) is 24.3 Å². The van der Waals surface area contributed by atoms with Crippen LogP contribution in [0.4, 0.5) is 0 Å². The van der Waals surface area contributed by atoms with Gasteiger partial charge in [-0.3, -0.25) is 0 Å². The summed E-state index contributed by atoms with van der Waals surface area (Å²) in [6.07, 6.45) is 0. The minimum absolute atomic E-state index is 0. The van der Waals surface area contributed by atoms with Gasteiger partial charge in [0.05, 0.1) is 0 Å². The maximum atomic E-state index is 9.61. The first-order valence-corrected chi connectivity index (χ1v) is 2.43. The van der Waals surface area contributed by atoms with Crippen LogP contribution in [0.1, 0.15) is 0 Å². The zero-order chi connectivity index (χ0) is 6.53. The van der Waals surface area contributed by atoms with Crippen molar-refractivity contribution in [2.24, 2.45) is 0 Å². The van der Waals surface area contributed by atoms with E-state index in [1.165, 1.54) is 6.47 Å². The predicted octanol–water partition coefficient (Wildman–Crippen LogP) is 0.928. The second-order valence-corrected chi connectivity index (χ2v) is 1.42. The zero-order valence-corrected chi connectivity index (χ0v) is 10.8. The van der Waals surface area contributed by atoms with E-state index in [0.717, 1.165) is 0 Å². The van der Waals surface area contributed by atoms with Crippen LogP contribution < -0.4 is 4.74 Å². The average Bonchev–Trinajstić information content (AvgIpc) is 1.91. The van der Waals surface area contributed by atoms with Gasteiger partial charge in [-0.05, 0) is 5.75 Å². The quantitative estimate of drug-likeness (QED) is 0.575.